The fraction of sp³-hybridized carbons (Fsp3) is 0.462. The molecule has 1 atom stereocenters. The second-order valence-corrected chi connectivity index (χ2v) is 4.64. The molecule has 1 aromatic rings. The molecule has 1 unspecified atom stereocenters. The molecule has 0 amide bonds. The van der Waals surface area contributed by atoms with Crippen molar-refractivity contribution in [2.45, 2.75) is 6.10 Å². The van der Waals surface area contributed by atoms with Crippen molar-refractivity contribution >= 4 is 11.5 Å². The van der Waals surface area contributed by atoms with E-state index in [9.17, 15) is 14.9 Å². The Morgan fingerprint density at radius 1 is 1.45 bits per heavy atom. The highest BCUT2D eigenvalue weighted by atomic mass is 16.6. The van der Waals surface area contributed by atoms with E-state index in [0.717, 1.165) is 0 Å². The number of aliphatic hydroxyl groups excluding tert-OH is 1. The van der Waals surface area contributed by atoms with Gasteiger partial charge in [0.05, 0.1) is 30.8 Å². The molecule has 0 saturated carbocycles. The zero-order valence-corrected chi connectivity index (χ0v) is 10.9. The van der Waals surface area contributed by atoms with Crippen molar-refractivity contribution in [3.63, 3.8) is 0 Å². The lowest BCUT2D eigenvalue weighted by Gasteiger charge is -2.31. The SMILES string of the molecule is O=C(CN1CCOC(CO)C1)c1ccc([N+](=O)[O-])cc1. The summed E-state index contributed by atoms with van der Waals surface area (Å²) in [6, 6.07) is 5.57. The molecule has 1 heterocycles. The minimum Gasteiger partial charge on any atom is -0.394 e. The smallest absolute Gasteiger partial charge is 0.269 e. The van der Waals surface area contributed by atoms with Crippen LogP contribution in [0.5, 0.6) is 0 Å². The van der Waals surface area contributed by atoms with Gasteiger partial charge in [-0.25, -0.2) is 0 Å². The molecule has 0 aliphatic carbocycles. The Kier molecular flexibility index (Phi) is 4.78. The maximum absolute atomic E-state index is 12.1. The third-order valence-corrected chi connectivity index (χ3v) is 3.19. The van der Waals surface area contributed by atoms with Gasteiger partial charge in [0.25, 0.3) is 5.69 Å². The number of carbonyl (C=O) groups is 1. The Labute approximate surface area is 115 Å². The van der Waals surface area contributed by atoms with E-state index in [1.54, 1.807) is 0 Å². The number of aliphatic hydroxyl groups is 1. The molecule has 20 heavy (non-hydrogen) atoms. The third-order valence-electron chi connectivity index (χ3n) is 3.19. The highest BCUT2D eigenvalue weighted by Gasteiger charge is 2.22. The topological polar surface area (TPSA) is 92.9 Å². The van der Waals surface area contributed by atoms with Gasteiger partial charge >= 0.3 is 0 Å². The first kappa shape index (κ1) is 14.6. The van der Waals surface area contributed by atoms with E-state index in [2.05, 4.69) is 0 Å². The van der Waals surface area contributed by atoms with E-state index in [-0.39, 0.29) is 30.7 Å². The minimum absolute atomic E-state index is 0.0340. The van der Waals surface area contributed by atoms with Gasteiger partial charge in [-0.3, -0.25) is 19.8 Å². The second-order valence-electron chi connectivity index (χ2n) is 4.64. The molecular formula is C13H16N2O5. The first-order chi connectivity index (χ1) is 9.60. The zero-order valence-electron chi connectivity index (χ0n) is 10.9. The largest absolute Gasteiger partial charge is 0.394 e. The summed E-state index contributed by atoms with van der Waals surface area (Å²) in [5, 5.41) is 19.6. The molecule has 0 radical (unpaired) electrons. The molecule has 1 aliphatic rings. The molecule has 0 bridgehead atoms. The van der Waals surface area contributed by atoms with Crippen molar-refractivity contribution in [2.24, 2.45) is 0 Å². The molecule has 1 aromatic carbocycles. The molecule has 1 aliphatic heterocycles. The van der Waals surface area contributed by atoms with E-state index >= 15 is 0 Å². The number of rotatable bonds is 5. The molecule has 108 valence electrons. The molecule has 1 N–H and O–H groups in total. The van der Waals surface area contributed by atoms with Gasteiger partial charge in [-0.1, -0.05) is 0 Å². The van der Waals surface area contributed by atoms with Crippen molar-refractivity contribution in [2.75, 3.05) is 32.8 Å². The minimum atomic E-state index is -0.498. The Morgan fingerprint density at radius 2 is 2.15 bits per heavy atom. The number of carbonyl (C=O) groups excluding carboxylic acids is 1. The Balaban J connectivity index is 1.95. The summed E-state index contributed by atoms with van der Waals surface area (Å²) >= 11 is 0. The predicted octanol–water partition coefficient (Wildman–Crippen LogP) is 0.471. The van der Waals surface area contributed by atoms with Gasteiger partial charge < -0.3 is 9.84 Å². The monoisotopic (exact) mass is 280 g/mol. The normalized spacial score (nSPS) is 19.8. The number of ketones is 1. The van der Waals surface area contributed by atoms with Crippen molar-refractivity contribution in [3.8, 4) is 0 Å². The van der Waals surface area contributed by atoms with Gasteiger partial charge in [-0.2, -0.15) is 0 Å². The molecule has 2 rings (SSSR count). The number of hydrogen-bond acceptors (Lipinski definition) is 6. The number of ether oxygens (including phenoxy) is 1. The van der Waals surface area contributed by atoms with Gasteiger partial charge in [-0.15, -0.1) is 0 Å². The predicted molar refractivity (Wildman–Crippen MR) is 70.7 cm³/mol. The molecule has 0 spiro atoms. The van der Waals surface area contributed by atoms with Crippen molar-refractivity contribution < 1.29 is 19.6 Å². The fourth-order valence-electron chi connectivity index (χ4n) is 2.10. The summed E-state index contributed by atoms with van der Waals surface area (Å²) in [4.78, 5) is 24.0. The number of nitro benzene ring substituents is 1. The van der Waals surface area contributed by atoms with Crippen LogP contribution in [-0.2, 0) is 4.74 Å². The number of morpholine rings is 1. The van der Waals surface area contributed by atoms with Crippen molar-refractivity contribution in [1.82, 2.24) is 4.90 Å². The molecule has 0 aromatic heterocycles. The molecule has 7 heteroatoms. The summed E-state index contributed by atoms with van der Waals surface area (Å²) in [6.07, 6.45) is -0.256. The number of Topliss-reactive ketones (excluding diaryl/α,β-unsaturated/α-hetero) is 1. The van der Waals surface area contributed by atoms with Crippen LogP contribution in [-0.4, -0.2) is 59.7 Å². The van der Waals surface area contributed by atoms with E-state index < -0.39 is 4.92 Å². The number of hydrogen-bond donors (Lipinski definition) is 1. The highest BCUT2D eigenvalue weighted by molar-refractivity contribution is 5.97. The number of benzene rings is 1. The van der Waals surface area contributed by atoms with Crippen LogP contribution >= 0.6 is 0 Å². The quantitative estimate of drug-likeness (QED) is 0.479. The van der Waals surface area contributed by atoms with Crippen molar-refractivity contribution in [3.05, 3.63) is 39.9 Å². The van der Waals surface area contributed by atoms with E-state index in [4.69, 9.17) is 9.84 Å². The van der Waals surface area contributed by atoms with Gasteiger partial charge in [0.15, 0.2) is 5.78 Å². The van der Waals surface area contributed by atoms with E-state index in [1.807, 2.05) is 4.90 Å². The third kappa shape index (κ3) is 3.60. The lowest BCUT2D eigenvalue weighted by atomic mass is 10.1. The van der Waals surface area contributed by atoms with Crippen LogP contribution in [0.15, 0.2) is 24.3 Å². The van der Waals surface area contributed by atoms with E-state index in [1.165, 1.54) is 24.3 Å². The number of non-ortho nitro benzene ring substituents is 1. The van der Waals surface area contributed by atoms with E-state index in [0.29, 0.717) is 25.3 Å². The van der Waals surface area contributed by atoms with Crippen LogP contribution in [0.1, 0.15) is 10.4 Å². The first-order valence-electron chi connectivity index (χ1n) is 6.32. The summed E-state index contributed by atoms with van der Waals surface area (Å²) in [5.74, 6) is -0.0986. The highest BCUT2D eigenvalue weighted by Crippen LogP contribution is 2.13. The van der Waals surface area contributed by atoms with Crippen LogP contribution in [0.2, 0.25) is 0 Å². The van der Waals surface area contributed by atoms with Crippen LogP contribution in [0.3, 0.4) is 0 Å². The molecular weight excluding hydrogens is 264 g/mol. The lowest BCUT2D eigenvalue weighted by Crippen LogP contribution is -2.45. The van der Waals surface area contributed by atoms with Gasteiger partial charge in [-0.05, 0) is 12.1 Å². The number of nitrogens with zero attached hydrogens (tertiary/aromatic N) is 2. The maximum atomic E-state index is 12.1. The summed E-state index contributed by atoms with van der Waals surface area (Å²) < 4.78 is 5.31. The molecule has 1 saturated heterocycles. The summed E-state index contributed by atoms with van der Waals surface area (Å²) in [6.45, 7) is 1.78. The van der Waals surface area contributed by atoms with Gasteiger partial charge in [0.2, 0.25) is 0 Å². The average Bonchev–Trinajstić information content (AvgIpc) is 2.47. The number of nitro groups is 1. The van der Waals surface area contributed by atoms with Crippen LogP contribution in [0, 0.1) is 10.1 Å². The van der Waals surface area contributed by atoms with Crippen LogP contribution < -0.4 is 0 Å². The Hall–Kier alpha value is -1.83. The van der Waals surface area contributed by atoms with Gasteiger partial charge in [0, 0.05) is 30.8 Å². The summed E-state index contributed by atoms with van der Waals surface area (Å²) in [5.41, 5.74) is 0.413. The molecule has 1 fully saturated rings. The Bertz CT molecular complexity index is 488. The average molecular weight is 280 g/mol. The van der Waals surface area contributed by atoms with Crippen molar-refractivity contribution in [1.29, 1.82) is 0 Å². The summed E-state index contributed by atoms with van der Waals surface area (Å²) in [7, 11) is 0. The maximum Gasteiger partial charge on any atom is 0.269 e. The second kappa shape index (κ2) is 6.56. The Morgan fingerprint density at radius 3 is 2.75 bits per heavy atom. The van der Waals surface area contributed by atoms with Gasteiger partial charge in [0.1, 0.15) is 0 Å². The molecule has 7 nitrogen and oxygen atoms in total. The zero-order chi connectivity index (χ0) is 14.5. The van der Waals surface area contributed by atoms with Crippen LogP contribution in [0.4, 0.5) is 5.69 Å². The first-order valence-corrected chi connectivity index (χ1v) is 6.32. The lowest BCUT2D eigenvalue weighted by molar-refractivity contribution is -0.384. The standard InChI is InChI=1S/C13H16N2O5/c16-9-12-7-14(5-6-20-12)8-13(17)10-1-3-11(4-2-10)15(18)19/h1-4,12,16H,5-9H2. The van der Waals surface area contributed by atoms with Crippen LogP contribution in [0.25, 0.3) is 0 Å². The fourth-order valence-corrected chi connectivity index (χ4v) is 2.10.